The Labute approximate surface area is 293 Å². The fraction of sp³-hybridized carbons (Fsp3) is 0.952. The summed E-state index contributed by atoms with van der Waals surface area (Å²) in [5.41, 5.74) is 0. The molecule has 1 N–H and O–H groups in total. The average Bonchev–Trinajstić information content (AvgIpc) is 3.07. The van der Waals surface area contributed by atoms with E-state index < -0.39 is 6.10 Å². The number of hydrogen-bond acceptors (Lipinski definition) is 5. The number of hydrogen-bond donors (Lipinski definition) is 1. The zero-order valence-electron chi connectivity index (χ0n) is 32.0. The van der Waals surface area contributed by atoms with E-state index in [1.807, 2.05) is 0 Å². The average molecular weight is 667 g/mol. The highest BCUT2D eigenvalue weighted by Gasteiger charge is 2.16. The van der Waals surface area contributed by atoms with Crippen molar-refractivity contribution in [2.75, 3.05) is 13.2 Å². The molecule has 5 heteroatoms. The maximum absolute atomic E-state index is 12.2. The van der Waals surface area contributed by atoms with Crippen molar-refractivity contribution in [2.24, 2.45) is 5.92 Å². The van der Waals surface area contributed by atoms with Gasteiger partial charge >= 0.3 is 11.9 Å². The van der Waals surface area contributed by atoms with Crippen molar-refractivity contribution in [3.05, 3.63) is 0 Å². The minimum absolute atomic E-state index is 0.0577. The van der Waals surface area contributed by atoms with Gasteiger partial charge in [-0.05, 0) is 18.8 Å². The molecule has 0 aromatic carbocycles. The third-order valence-corrected chi connectivity index (χ3v) is 9.94. The Kier molecular flexibility index (Phi) is 36.8. The van der Waals surface area contributed by atoms with Crippen molar-refractivity contribution in [1.29, 1.82) is 0 Å². The third-order valence-electron chi connectivity index (χ3n) is 9.94. The van der Waals surface area contributed by atoms with Gasteiger partial charge in [-0.25, -0.2) is 0 Å². The van der Waals surface area contributed by atoms with Crippen molar-refractivity contribution in [1.82, 2.24) is 0 Å². The lowest BCUT2D eigenvalue weighted by Gasteiger charge is -2.15. The van der Waals surface area contributed by atoms with Crippen LogP contribution in [0.4, 0.5) is 0 Å². The number of aliphatic hydroxyl groups excluding tert-OH is 1. The first-order chi connectivity index (χ1) is 23.0. The maximum atomic E-state index is 12.2. The molecular weight excluding hydrogens is 584 g/mol. The minimum atomic E-state index is -0.762. The molecule has 0 radical (unpaired) electrons. The van der Waals surface area contributed by atoms with E-state index in [0.29, 0.717) is 12.8 Å². The molecule has 0 fully saturated rings. The summed E-state index contributed by atoms with van der Waals surface area (Å²) in [6, 6.07) is 0. The zero-order chi connectivity index (χ0) is 34.5. The number of rotatable bonds is 38. The Balaban J connectivity index is 3.48. The van der Waals surface area contributed by atoms with Crippen LogP contribution in [-0.2, 0) is 19.1 Å². The van der Waals surface area contributed by atoms with Gasteiger partial charge in [0.2, 0.25) is 0 Å². The van der Waals surface area contributed by atoms with E-state index in [1.165, 1.54) is 167 Å². The van der Waals surface area contributed by atoms with Gasteiger partial charge in [0, 0.05) is 12.8 Å². The first kappa shape index (κ1) is 45.9. The number of aliphatic hydroxyl groups is 1. The smallest absolute Gasteiger partial charge is 0.306 e. The lowest BCUT2D eigenvalue weighted by molar-refractivity contribution is -0.161. The molecule has 0 saturated carbocycles. The summed E-state index contributed by atoms with van der Waals surface area (Å²) in [7, 11) is 0. The fourth-order valence-electron chi connectivity index (χ4n) is 6.36. The highest BCUT2D eigenvalue weighted by atomic mass is 16.6. The van der Waals surface area contributed by atoms with Crippen molar-refractivity contribution >= 4 is 11.9 Å². The quantitative estimate of drug-likeness (QED) is 0.0524. The van der Waals surface area contributed by atoms with Crippen molar-refractivity contribution in [3.63, 3.8) is 0 Å². The van der Waals surface area contributed by atoms with Gasteiger partial charge in [-0.1, -0.05) is 207 Å². The second kappa shape index (κ2) is 37.7. The summed E-state index contributed by atoms with van der Waals surface area (Å²) >= 11 is 0. The summed E-state index contributed by atoms with van der Waals surface area (Å²) in [5.74, 6) is 0.302. The molecule has 0 rings (SSSR count). The molecule has 0 aliphatic rings. The molecule has 0 bridgehead atoms. The Morgan fingerprint density at radius 1 is 0.489 bits per heavy atom. The van der Waals surface area contributed by atoms with Crippen molar-refractivity contribution in [2.45, 2.75) is 239 Å². The van der Waals surface area contributed by atoms with Gasteiger partial charge in [0.1, 0.15) is 6.61 Å². The third kappa shape index (κ3) is 36.0. The Bertz CT molecular complexity index is 651. The molecule has 0 aliphatic heterocycles. The molecule has 1 unspecified atom stereocenters. The van der Waals surface area contributed by atoms with Gasteiger partial charge < -0.3 is 14.6 Å². The standard InChI is InChI=1S/C42H82O5/c1-4-6-7-8-9-10-11-12-13-14-15-16-17-18-19-23-26-29-32-35-41(44)46-38-40(37-43)47-42(45)36-33-30-27-24-21-20-22-25-28-31-34-39(3)5-2/h39-40,43H,4-38H2,1-3H3/t39?,40-/m0/s1. The number of ether oxygens (including phenoxy) is 2. The van der Waals surface area contributed by atoms with Crippen molar-refractivity contribution < 1.29 is 24.2 Å². The van der Waals surface area contributed by atoms with Crippen molar-refractivity contribution in [3.8, 4) is 0 Å². The molecule has 0 aromatic heterocycles. The second-order valence-electron chi connectivity index (χ2n) is 14.7. The largest absolute Gasteiger partial charge is 0.462 e. The first-order valence-corrected chi connectivity index (χ1v) is 21.0. The van der Waals surface area contributed by atoms with Crippen LogP contribution in [0, 0.1) is 5.92 Å². The zero-order valence-corrected chi connectivity index (χ0v) is 32.0. The lowest BCUT2D eigenvalue weighted by atomic mass is 9.99. The van der Waals surface area contributed by atoms with Crippen LogP contribution >= 0.6 is 0 Å². The summed E-state index contributed by atoms with van der Waals surface area (Å²) in [6.45, 7) is 6.53. The van der Waals surface area contributed by atoms with Crippen LogP contribution in [-0.4, -0.2) is 36.4 Å². The molecule has 0 heterocycles. The topological polar surface area (TPSA) is 72.8 Å². The summed E-state index contributed by atoms with van der Waals surface area (Å²) in [6.07, 6.45) is 40.2. The normalized spacial score (nSPS) is 12.7. The van der Waals surface area contributed by atoms with Crippen LogP contribution < -0.4 is 0 Å². The number of unbranched alkanes of at least 4 members (excludes halogenated alkanes) is 27. The van der Waals surface area contributed by atoms with Gasteiger partial charge in [0.15, 0.2) is 6.10 Å². The maximum Gasteiger partial charge on any atom is 0.306 e. The molecule has 280 valence electrons. The lowest BCUT2D eigenvalue weighted by Crippen LogP contribution is -2.28. The highest BCUT2D eigenvalue weighted by Crippen LogP contribution is 2.17. The monoisotopic (exact) mass is 667 g/mol. The molecule has 0 aromatic rings. The van der Waals surface area contributed by atoms with Gasteiger partial charge in [-0.2, -0.15) is 0 Å². The SMILES string of the molecule is CCCCCCCCCCCCCCCCCCCCCC(=O)OC[C@H](CO)OC(=O)CCCCCCCCCCCCC(C)CC. The van der Waals surface area contributed by atoms with Gasteiger partial charge in [0.05, 0.1) is 6.61 Å². The van der Waals surface area contributed by atoms with E-state index in [9.17, 15) is 14.7 Å². The Morgan fingerprint density at radius 3 is 1.19 bits per heavy atom. The first-order valence-electron chi connectivity index (χ1n) is 21.0. The van der Waals surface area contributed by atoms with E-state index in [4.69, 9.17) is 9.47 Å². The van der Waals surface area contributed by atoms with Gasteiger partial charge in [-0.3, -0.25) is 9.59 Å². The minimum Gasteiger partial charge on any atom is -0.462 e. The molecule has 0 amide bonds. The van der Waals surface area contributed by atoms with Crippen LogP contribution in [0.5, 0.6) is 0 Å². The van der Waals surface area contributed by atoms with E-state index in [-0.39, 0.29) is 25.2 Å². The second-order valence-corrected chi connectivity index (χ2v) is 14.7. The summed E-state index contributed by atoms with van der Waals surface area (Å²) < 4.78 is 10.6. The molecule has 2 atom stereocenters. The molecule has 47 heavy (non-hydrogen) atoms. The summed E-state index contributed by atoms with van der Waals surface area (Å²) in [5, 5.41) is 9.56. The Hall–Kier alpha value is -1.10. The number of esters is 2. The van der Waals surface area contributed by atoms with Crippen LogP contribution in [0.25, 0.3) is 0 Å². The van der Waals surface area contributed by atoms with E-state index in [0.717, 1.165) is 38.0 Å². The number of carbonyl (C=O) groups excluding carboxylic acids is 2. The predicted octanol–water partition coefficient (Wildman–Crippen LogP) is 13.0. The predicted molar refractivity (Wildman–Crippen MR) is 201 cm³/mol. The summed E-state index contributed by atoms with van der Waals surface area (Å²) in [4.78, 5) is 24.3. The van der Waals surface area contributed by atoms with Gasteiger partial charge in [-0.15, -0.1) is 0 Å². The van der Waals surface area contributed by atoms with Gasteiger partial charge in [0.25, 0.3) is 0 Å². The molecule has 0 saturated heterocycles. The highest BCUT2D eigenvalue weighted by molar-refractivity contribution is 5.70. The molecule has 0 spiro atoms. The Morgan fingerprint density at radius 2 is 0.830 bits per heavy atom. The molecular formula is C42H82O5. The van der Waals surface area contributed by atoms with Crippen LogP contribution in [0.15, 0.2) is 0 Å². The van der Waals surface area contributed by atoms with Crippen LogP contribution in [0.1, 0.15) is 233 Å². The fourth-order valence-corrected chi connectivity index (χ4v) is 6.36. The van der Waals surface area contributed by atoms with E-state index in [1.54, 1.807) is 0 Å². The van der Waals surface area contributed by atoms with E-state index >= 15 is 0 Å². The molecule has 0 aliphatic carbocycles. The van der Waals surface area contributed by atoms with Crippen LogP contribution in [0.2, 0.25) is 0 Å². The van der Waals surface area contributed by atoms with Crippen LogP contribution in [0.3, 0.4) is 0 Å². The van der Waals surface area contributed by atoms with E-state index in [2.05, 4.69) is 20.8 Å². The number of carbonyl (C=O) groups is 2. The molecule has 5 nitrogen and oxygen atoms in total.